The molecule has 0 unspecified atom stereocenters. The number of aryl methyl sites for hydroxylation is 1. The van der Waals surface area contributed by atoms with Gasteiger partial charge in [0, 0.05) is 23.7 Å². The molecule has 1 fully saturated rings. The third-order valence-electron chi connectivity index (χ3n) is 3.96. The van der Waals surface area contributed by atoms with E-state index in [9.17, 15) is 14.4 Å². The average molecular weight is 401 g/mol. The molecule has 3 rings (SSSR count). The molecule has 1 heterocycles. The molecular weight excluding hydrogens is 384 g/mol. The molecule has 2 aromatic rings. The number of halogens is 1. The monoisotopic (exact) mass is 400 g/mol. The van der Waals surface area contributed by atoms with Crippen molar-refractivity contribution in [3.63, 3.8) is 0 Å². The molecule has 0 spiro atoms. The highest BCUT2D eigenvalue weighted by Gasteiger charge is 2.34. The summed E-state index contributed by atoms with van der Waals surface area (Å²) in [4.78, 5) is 38.2. The largest absolute Gasteiger partial charge is 0.350 e. The van der Waals surface area contributed by atoms with Crippen LogP contribution >= 0.6 is 23.4 Å². The van der Waals surface area contributed by atoms with Gasteiger partial charge in [0.2, 0.25) is 0 Å². The minimum atomic E-state index is -0.345. The highest BCUT2D eigenvalue weighted by Crippen LogP contribution is 2.31. The second-order valence-corrected chi connectivity index (χ2v) is 7.44. The maximum absolute atomic E-state index is 12.5. The fourth-order valence-corrected chi connectivity index (χ4v) is 3.58. The van der Waals surface area contributed by atoms with Gasteiger partial charge in [0.25, 0.3) is 17.1 Å². The number of amides is 3. The summed E-state index contributed by atoms with van der Waals surface area (Å²) in [6.07, 6.45) is 1.70. The molecule has 1 aliphatic heterocycles. The van der Waals surface area contributed by atoms with Gasteiger partial charge in [0.05, 0.1) is 4.91 Å². The molecule has 27 heavy (non-hydrogen) atoms. The van der Waals surface area contributed by atoms with Crippen LogP contribution in [0.5, 0.6) is 0 Å². The molecule has 138 valence electrons. The van der Waals surface area contributed by atoms with Gasteiger partial charge in [-0.1, -0.05) is 47.5 Å². The maximum Gasteiger partial charge on any atom is 0.293 e. The molecule has 0 bridgehead atoms. The van der Waals surface area contributed by atoms with Gasteiger partial charge in [0.1, 0.15) is 0 Å². The molecule has 3 amide bonds. The van der Waals surface area contributed by atoms with Crippen molar-refractivity contribution in [2.75, 3.05) is 13.1 Å². The highest BCUT2D eigenvalue weighted by molar-refractivity contribution is 8.18. The van der Waals surface area contributed by atoms with Crippen molar-refractivity contribution in [2.24, 2.45) is 0 Å². The number of nitrogens with one attached hydrogen (secondary N) is 1. The predicted molar refractivity (Wildman–Crippen MR) is 108 cm³/mol. The number of nitrogens with zero attached hydrogens (tertiary/aromatic N) is 1. The quantitative estimate of drug-likeness (QED) is 0.767. The number of hydrogen-bond acceptors (Lipinski definition) is 4. The number of hydrogen-bond donors (Lipinski definition) is 1. The summed E-state index contributed by atoms with van der Waals surface area (Å²) >= 11 is 6.78. The van der Waals surface area contributed by atoms with Gasteiger partial charge in [-0.25, -0.2) is 0 Å². The summed E-state index contributed by atoms with van der Waals surface area (Å²) < 4.78 is 0. The summed E-state index contributed by atoms with van der Waals surface area (Å²) in [5.41, 5.74) is 2.41. The first-order valence-electron chi connectivity index (χ1n) is 8.30. The van der Waals surface area contributed by atoms with Gasteiger partial charge >= 0.3 is 0 Å². The zero-order valence-electron chi connectivity index (χ0n) is 14.6. The number of carbonyl (C=O) groups is 3. The van der Waals surface area contributed by atoms with Crippen LogP contribution in [0.4, 0.5) is 4.79 Å². The SMILES string of the molecule is Cc1ccc(/C=C2\SC(=O)N(CCNC(=O)c3cccc(Cl)c3)C2=O)cc1. The molecular formula is C20H17ClN2O3S. The maximum atomic E-state index is 12.5. The molecule has 1 N–H and O–H groups in total. The zero-order valence-corrected chi connectivity index (χ0v) is 16.1. The number of rotatable bonds is 5. The Bertz CT molecular complexity index is 925. The van der Waals surface area contributed by atoms with Crippen LogP contribution in [0.3, 0.4) is 0 Å². The summed E-state index contributed by atoms with van der Waals surface area (Å²) in [5, 5.41) is 2.82. The summed E-state index contributed by atoms with van der Waals surface area (Å²) in [7, 11) is 0. The van der Waals surface area contributed by atoms with Gasteiger partial charge < -0.3 is 5.32 Å². The van der Waals surface area contributed by atoms with Gasteiger partial charge in [-0.15, -0.1) is 0 Å². The lowest BCUT2D eigenvalue weighted by Crippen LogP contribution is -2.37. The van der Waals surface area contributed by atoms with Gasteiger partial charge in [-0.05, 0) is 48.5 Å². The smallest absolute Gasteiger partial charge is 0.293 e. The summed E-state index contributed by atoms with van der Waals surface area (Å²) in [6.45, 7) is 2.26. The van der Waals surface area contributed by atoms with Crippen LogP contribution in [0.25, 0.3) is 6.08 Å². The van der Waals surface area contributed by atoms with E-state index in [1.807, 2.05) is 31.2 Å². The molecule has 2 aromatic carbocycles. The van der Waals surface area contributed by atoms with E-state index >= 15 is 0 Å². The van der Waals surface area contributed by atoms with Crippen molar-refractivity contribution >= 4 is 46.5 Å². The van der Waals surface area contributed by atoms with Crippen LogP contribution in [-0.2, 0) is 4.79 Å². The number of thioether (sulfide) groups is 1. The van der Waals surface area contributed by atoms with Crippen LogP contribution in [-0.4, -0.2) is 35.0 Å². The van der Waals surface area contributed by atoms with Crippen LogP contribution in [0, 0.1) is 6.92 Å². The fraction of sp³-hybridized carbons (Fsp3) is 0.150. The molecule has 0 aliphatic carbocycles. The lowest BCUT2D eigenvalue weighted by Gasteiger charge is -2.13. The second kappa shape index (κ2) is 8.41. The summed E-state index contributed by atoms with van der Waals surface area (Å²) in [5.74, 6) is -0.651. The third-order valence-corrected chi connectivity index (χ3v) is 5.10. The van der Waals surface area contributed by atoms with Crippen molar-refractivity contribution < 1.29 is 14.4 Å². The lowest BCUT2D eigenvalue weighted by atomic mass is 10.1. The number of imide groups is 1. The van der Waals surface area contributed by atoms with Crippen LogP contribution in [0.2, 0.25) is 5.02 Å². The van der Waals surface area contributed by atoms with Crippen LogP contribution in [0.15, 0.2) is 53.4 Å². The lowest BCUT2D eigenvalue weighted by molar-refractivity contribution is -0.122. The van der Waals surface area contributed by atoms with Crippen molar-refractivity contribution in [1.29, 1.82) is 0 Å². The number of benzene rings is 2. The molecule has 0 aromatic heterocycles. The molecule has 1 saturated heterocycles. The molecule has 7 heteroatoms. The van der Waals surface area contributed by atoms with E-state index in [2.05, 4.69) is 5.32 Å². The van der Waals surface area contributed by atoms with Crippen LogP contribution < -0.4 is 5.32 Å². The van der Waals surface area contributed by atoms with E-state index in [1.165, 1.54) is 0 Å². The molecule has 0 radical (unpaired) electrons. The topological polar surface area (TPSA) is 66.5 Å². The van der Waals surface area contributed by atoms with E-state index < -0.39 is 0 Å². The Morgan fingerprint density at radius 2 is 1.93 bits per heavy atom. The van der Waals surface area contributed by atoms with Gasteiger partial charge in [0.15, 0.2) is 0 Å². The standard InChI is InChI=1S/C20H17ClN2O3S/c1-13-5-7-14(8-6-13)11-17-19(25)23(20(26)27-17)10-9-22-18(24)15-3-2-4-16(21)12-15/h2-8,11-12H,9-10H2,1H3,(H,22,24)/b17-11-. The number of carbonyl (C=O) groups excluding carboxylic acids is 3. The Morgan fingerprint density at radius 1 is 1.19 bits per heavy atom. The van der Waals surface area contributed by atoms with Crippen LogP contribution in [0.1, 0.15) is 21.5 Å². The molecule has 0 atom stereocenters. The Kier molecular flexibility index (Phi) is 5.98. The van der Waals surface area contributed by atoms with Crippen molar-refractivity contribution in [3.8, 4) is 0 Å². The van der Waals surface area contributed by atoms with Crippen molar-refractivity contribution in [3.05, 3.63) is 75.1 Å². The highest BCUT2D eigenvalue weighted by atomic mass is 35.5. The van der Waals surface area contributed by atoms with E-state index in [-0.39, 0.29) is 30.1 Å². The van der Waals surface area contributed by atoms with Gasteiger partial charge in [-0.3, -0.25) is 19.3 Å². The molecule has 5 nitrogen and oxygen atoms in total. The normalized spacial score (nSPS) is 15.5. The summed E-state index contributed by atoms with van der Waals surface area (Å²) in [6, 6.07) is 14.3. The van der Waals surface area contributed by atoms with E-state index in [4.69, 9.17) is 11.6 Å². The Labute approximate surface area is 166 Å². The molecule has 1 aliphatic rings. The Balaban J connectivity index is 1.59. The molecule has 0 saturated carbocycles. The van der Waals surface area contributed by atoms with Gasteiger partial charge in [-0.2, -0.15) is 0 Å². The second-order valence-electron chi connectivity index (χ2n) is 6.01. The third kappa shape index (κ3) is 4.78. The fourth-order valence-electron chi connectivity index (χ4n) is 2.52. The first-order chi connectivity index (χ1) is 12.9. The van der Waals surface area contributed by atoms with E-state index in [0.717, 1.165) is 27.8 Å². The van der Waals surface area contributed by atoms with E-state index in [1.54, 1.807) is 30.3 Å². The minimum absolute atomic E-state index is 0.113. The first-order valence-corrected chi connectivity index (χ1v) is 9.49. The Morgan fingerprint density at radius 3 is 2.63 bits per heavy atom. The zero-order chi connectivity index (χ0) is 19.4. The predicted octanol–water partition coefficient (Wildman–Crippen LogP) is 4.11. The Hall–Kier alpha value is -2.57. The van der Waals surface area contributed by atoms with E-state index in [0.29, 0.717) is 15.5 Å². The first kappa shape index (κ1) is 19.2. The average Bonchev–Trinajstić information content (AvgIpc) is 2.91. The van der Waals surface area contributed by atoms with Crippen molar-refractivity contribution in [2.45, 2.75) is 6.92 Å². The van der Waals surface area contributed by atoms with Crippen molar-refractivity contribution in [1.82, 2.24) is 10.2 Å². The minimum Gasteiger partial charge on any atom is -0.350 e.